The van der Waals surface area contributed by atoms with Gasteiger partial charge in [-0.3, -0.25) is 4.79 Å². The van der Waals surface area contributed by atoms with Gasteiger partial charge in [-0.2, -0.15) is 5.10 Å². The van der Waals surface area contributed by atoms with Crippen LogP contribution in [0.15, 0.2) is 46.0 Å². The summed E-state index contributed by atoms with van der Waals surface area (Å²) in [5.41, 5.74) is 5.32. The molecule has 0 saturated heterocycles. The highest BCUT2D eigenvalue weighted by molar-refractivity contribution is 9.10. The van der Waals surface area contributed by atoms with Crippen LogP contribution in [0, 0.1) is 6.92 Å². The number of aryl methyl sites for hydroxylation is 1. The predicted molar refractivity (Wildman–Crippen MR) is 95.7 cm³/mol. The van der Waals surface area contributed by atoms with E-state index in [1.165, 1.54) is 5.56 Å². The number of nitrogens with one attached hydrogen (secondary N) is 2. The minimum atomic E-state index is -0.233. The molecule has 0 spiro atoms. The van der Waals surface area contributed by atoms with Gasteiger partial charge in [0.05, 0.1) is 12.8 Å². The number of ether oxygens (including phenoxy) is 2. The van der Waals surface area contributed by atoms with Gasteiger partial charge in [-0.1, -0.05) is 17.7 Å². The molecule has 0 aromatic heterocycles. The van der Waals surface area contributed by atoms with Gasteiger partial charge in [0, 0.05) is 15.7 Å². The average Bonchev–Trinajstić information content (AvgIpc) is 3.01. The summed E-state index contributed by atoms with van der Waals surface area (Å²) in [6, 6.07) is 11.4. The van der Waals surface area contributed by atoms with Gasteiger partial charge in [0.2, 0.25) is 6.79 Å². The summed E-state index contributed by atoms with van der Waals surface area (Å²) >= 11 is 3.43. The van der Waals surface area contributed by atoms with Crippen molar-refractivity contribution >= 4 is 33.7 Å². The number of fused-ring (bicyclic) bond motifs is 1. The first kappa shape index (κ1) is 16.3. The molecule has 6 nitrogen and oxygen atoms in total. The van der Waals surface area contributed by atoms with Crippen molar-refractivity contribution < 1.29 is 14.3 Å². The van der Waals surface area contributed by atoms with Gasteiger partial charge in [0.25, 0.3) is 5.91 Å². The number of benzene rings is 2. The van der Waals surface area contributed by atoms with E-state index in [1.54, 1.807) is 12.3 Å². The summed E-state index contributed by atoms with van der Waals surface area (Å²) in [6.07, 6.45) is 1.55. The largest absolute Gasteiger partial charge is 0.454 e. The van der Waals surface area contributed by atoms with Crippen LogP contribution in [0.4, 0.5) is 5.69 Å². The second kappa shape index (κ2) is 7.35. The van der Waals surface area contributed by atoms with Crippen molar-refractivity contribution in [1.29, 1.82) is 0 Å². The van der Waals surface area contributed by atoms with E-state index in [0.717, 1.165) is 15.7 Å². The monoisotopic (exact) mass is 389 g/mol. The van der Waals surface area contributed by atoms with Crippen LogP contribution >= 0.6 is 15.9 Å². The highest BCUT2D eigenvalue weighted by Gasteiger charge is 2.15. The Kier molecular flexibility index (Phi) is 5.00. The van der Waals surface area contributed by atoms with E-state index in [-0.39, 0.29) is 19.2 Å². The Bertz CT molecular complexity index is 775. The highest BCUT2D eigenvalue weighted by atomic mass is 79.9. The molecule has 0 radical (unpaired) electrons. The molecule has 7 heteroatoms. The first-order valence-electron chi connectivity index (χ1n) is 7.33. The summed E-state index contributed by atoms with van der Waals surface area (Å²) in [5, 5.41) is 7.00. The molecule has 1 amide bonds. The quantitative estimate of drug-likeness (QED) is 0.608. The third kappa shape index (κ3) is 4.05. The Hall–Kier alpha value is -2.54. The van der Waals surface area contributed by atoms with Crippen molar-refractivity contribution in [3.8, 4) is 11.5 Å². The normalized spacial score (nSPS) is 12.4. The van der Waals surface area contributed by atoms with Gasteiger partial charge in [0.1, 0.15) is 0 Å². The molecule has 0 fully saturated rings. The van der Waals surface area contributed by atoms with E-state index in [9.17, 15) is 4.79 Å². The fourth-order valence-corrected chi connectivity index (χ4v) is 2.52. The first-order valence-corrected chi connectivity index (χ1v) is 8.13. The van der Waals surface area contributed by atoms with Gasteiger partial charge in [0.15, 0.2) is 11.5 Å². The number of anilines is 1. The molecule has 0 bridgehead atoms. The maximum Gasteiger partial charge on any atom is 0.259 e. The minimum Gasteiger partial charge on any atom is -0.454 e. The molecule has 3 rings (SSSR count). The first-order chi connectivity index (χ1) is 11.6. The average molecular weight is 390 g/mol. The number of amides is 1. The molecule has 0 unspecified atom stereocenters. The third-order valence-electron chi connectivity index (χ3n) is 3.39. The second-order valence-corrected chi connectivity index (χ2v) is 6.09. The van der Waals surface area contributed by atoms with Crippen LogP contribution in [0.1, 0.15) is 11.1 Å². The van der Waals surface area contributed by atoms with E-state index < -0.39 is 0 Å². The Morgan fingerprint density at radius 3 is 2.71 bits per heavy atom. The highest BCUT2D eigenvalue weighted by Crippen LogP contribution is 2.36. The number of rotatable bonds is 5. The number of carbonyl (C=O) groups is 1. The topological polar surface area (TPSA) is 72.0 Å². The zero-order chi connectivity index (χ0) is 16.9. The lowest BCUT2D eigenvalue weighted by Gasteiger charge is -2.05. The number of carbonyl (C=O) groups excluding carboxylic acids is 1. The van der Waals surface area contributed by atoms with E-state index in [2.05, 4.69) is 31.8 Å². The zero-order valence-corrected chi connectivity index (χ0v) is 14.6. The molecule has 2 N–H and O–H groups in total. The fraction of sp³-hybridized carbons (Fsp3) is 0.176. The molecular formula is C17H16BrN3O3. The maximum absolute atomic E-state index is 11.8. The van der Waals surface area contributed by atoms with Crippen LogP contribution in [-0.2, 0) is 4.79 Å². The van der Waals surface area contributed by atoms with E-state index in [1.807, 2.05) is 37.3 Å². The van der Waals surface area contributed by atoms with Crippen LogP contribution in [0.3, 0.4) is 0 Å². The van der Waals surface area contributed by atoms with Gasteiger partial charge in [-0.05, 0) is 47.1 Å². The van der Waals surface area contributed by atoms with Crippen LogP contribution in [0.5, 0.6) is 11.5 Å². The number of hydrogen-bond acceptors (Lipinski definition) is 5. The van der Waals surface area contributed by atoms with E-state index in [4.69, 9.17) is 9.47 Å². The second-order valence-electron chi connectivity index (χ2n) is 5.24. The minimum absolute atomic E-state index is 0.142. The third-order valence-corrected chi connectivity index (χ3v) is 4.08. The molecule has 0 atom stereocenters. The lowest BCUT2D eigenvalue weighted by molar-refractivity contribution is -0.119. The van der Waals surface area contributed by atoms with Crippen molar-refractivity contribution in [3.05, 3.63) is 52.0 Å². The van der Waals surface area contributed by atoms with E-state index in [0.29, 0.717) is 11.5 Å². The Morgan fingerprint density at radius 1 is 1.25 bits per heavy atom. The number of hydrazone groups is 1. The molecule has 0 saturated carbocycles. The maximum atomic E-state index is 11.8. The number of hydrogen-bond donors (Lipinski definition) is 2. The van der Waals surface area contributed by atoms with Crippen LogP contribution in [0.2, 0.25) is 0 Å². The fourth-order valence-electron chi connectivity index (χ4n) is 2.10. The lowest BCUT2D eigenvalue weighted by atomic mass is 10.2. The van der Waals surface area contributed by atoms with E-state index >= 15 is 0 Å². The van der Waals surface area contributed by atoms with Crippen LogP contribution < -0.4 is 20.2 Å². The van der Waals surface area contributed by atoms with Crippen molar-refractivity contribution in [2.45, 2.75) is 6.92 Å². The molecule has 1 heterocycles. The Labute approximate surface area is 148 Å². The molecule has 1 aliphatic heterocycles. The predicted octanol–water partition coefficient (Wildman–Crippen LogP) is 3.05. The smallest absolute Gasteiger partial charge is 0.259 e. The van der Waals surface area contributed by atoms with Gasteiger partial charge >= 0.3 is 0 Å². The molecule has 1 aliphatic rings. The molecule has 0 aliphatic carbocycles. The van der Waals surface area contributed by atoms with Crippen molar-refractivity contribution in [2.75, 3.05) is 18.7 Å². The lowest BCUT2D eigenvalue weighted by Crippen LogP contribution is -2.25. The van der Waals surface area contributed by atoms with Crippen molar-refractivity contribution in [3.63, 3.8) is 0 Å². The summed E-state index contributed by atoms with van der Waals surface area (Å²) in [6.45, 7) is 2.37. The Morgan fingerprint density at radius 2 is 1.96 bits per heavy atom. The number of nitrogens with zero attached hydrogens (tertiary/aromatic N) is 1. The summed E-state index contributed by atoms with van der Waals surface area (Å²) in [4.78, 5) is 11.8. The van der Waals surface area contributed by atoms with Crippen molar-refractivity contribution in [2.24, 2.45) is 5.10 Å². The molecule has 24 heavy (non-hydrogen) atoms. The van der Waals surface area contributed by atoms with Crippen LogP contribution in [-0.4, -0.2) is 25.5 Å². The van der Waals surface area contributed by atoms with Gasteiger partial charge < -0.3 is 14.8 Å². The summed E-state index contributed by atoms with van der Waals surface area (Å²) < 4.78 is 11.4. The molecule has 2 aromatic rings. The molecule has 124 valence electrons. The molecular weight excluding hydrogens is 374 g/mol. The summed E-state index contributed by atoms with van der Waals surface area (Å²) in [7, 11) is 0. The SMILES string of the molecule is Cc1ccc(NCC(=O)N/N=C\c2cc3c(cc2Br)OCO3)cc1. The Balaban J connectivity index is 1.52. The number of halogens is 1. The zero-order valence-electron chi connectivity index (χ0n) is 13.0. The van der Waals surface area contributed by atoms with Gasteiger partial charge in [-0.25, -0.2) is 5.43 Å². The standard InChI is InChI=1S/C17H16BrN3O3/c1-11-2-4-13(5-3-11)19-9-17(22)21-20-8-12-6-15-16(7-14(12)18)24-10-23-15/h2-8,19H,9-10H2,1H3,(H,21,22)/b20-8-. The molecule has 2 aromatic carbocycles. The summed E-state index contributed by atoms with van der Waals surface area (Å²) in [5.74, 6) is 1.11. The van der Waals surface area contributed by atoms with Crippen molar-refractivity contribution in [1.82, 2.24) is 5.43 Å². The van der Waals surface area contributed by atoms with Crippen LogP contribution in [0.25, 0.3) is 0 Å². The van der Waals surface area contributed by atoms with Gasteiger partial charge in [-0.15, -0.1) is 0 Å².